The van der Waals surface area contributed by atoms with E-state index >= 15 is 0 Å². The van der Waals surface area contributed by atoms with Gasteiger partial charge in [0.1, 0.15) is 0 Å². The Morgan fingerprint density at radius 1 is 0.970 bits per heavy atom. The summed E-state index contributed by atoms with van der Waals surface area (Å²) in [6.07, 6.45) is 10.9. The minimum atomic E-state index is -0.212. The first-order valence-electron chi connectivity index (χ1n) is 12.5. The Labute approximate surface area is 201 Å². The number of amides is 2. The lowest BCUT2D eigenvalue weighted by Gasteiger charge is -2.34. The summed E-state index contributed by atoms with van der Waals surface area (Å²) >= 11 is 1.42. The summed E-state index contributed by atoms with van der Waals surface area (Å²) in [4.78, 5) is 25.8. The third-order valence-electron chi connectivity index (χ3n) is 7.56. The third-order valence-corrected chi connectivity index (χ3v) is 8.43. The van der Waals surface area contributed by atoms with Crippen molar-refractivity contribution in [3.63, 3.8) is 0 Å². The number of rotatable bonds is 7. The van der Waals surface area contributed by atoms with E-state index in [1.54, 1.807) is 6.07 Å². The molecule has 5 nitrogen and oxygen atoms in total. The standard InChI is InChI=1S/C27H37N3O2S/c1-18(21-8-14-24(15-9-21)30-27(32)25-3-2-16-33-25)26(31)29-23-12-6-20(7-13-23)17-19-4-10-22(28)11-5-19/h2-3,8-9,14-16,18-20,22-23H,4-7,10-13,17,28H2,1H3,(H,29,31)(H,30,32). The molecule has 1 heterocycles. The number of carbonyl (C=O) groups excluding carboxylic acids is 2. The van der Waals surface area contributed by atoms with Crippen molar-refractivity contribution in [2.24, 2.45) is 17.6 Å². The smallest absolute Gasteiger partial charge is 0.265 e. The average Bonchev–Trinajstić information content (AvgIpc) is 3.37. The fourth-order valence-corrected chi connectivity index (χ4v) is 5.99. The van der Waals surface area contributed by atoms with Gasteiger partial charge in [-0.3, -0.25) is 9.59 Å². The van der Waals surface area contributed by atoms with Crippen molar-refractivity contribution in [2.75, 3.05) is 5.32 Å². The number of thiophene rings is 1. The summed E-state index contributed by atoms with van der Waals surface area (Å²) in [5, 5.41) is 8.08. The quantitative estimate of drug-likeness (QED) is 0.489. The minimum Gasteiger partial charge on any atom is -0.353 e. The lowest BCUT2D eigenvalue weighted by molar-refractivity contribution is -0.123. The fraction of sp³-hybridized carbons (Fsp3) is 0.556. The van der Waals surface area contributed by atoms with Crippen molar-refractivity contribution in [1.82, 2.24) is 5.32 Å². The third kappa shape index (κ3) is 6.67. The molecule has 1 aromatic heterocycles. The maximum absolute atomic E-state index is 12.9. The zero-order chi connectivity index (χ0) is 23.2. The maximum atomic E-state index is 12.9. The molecule has 2 saturated carbocycles. The molecule has 6 heteroatoms. The summed E-state index contributed by atoms with van der Waals surface area (Å²) in [7, 11) is 0. The van der Waals surface area contributed by atoms with Crippen molar-refractivity contribution < 1.29 is 9.59 Å². The molecule has 33 heavy (non-hydrogen) atoms. The van der Waals surface area contributed by atoms with Crippen LogP contribution in [0, 0.1) is 11.8 Å². The number of hydrogen-bond acceptors (Lipinski definition) is 4. The Morgan fingerprint density at radius 2 is 1.61 bits per heavy atom. The normalized spacial score (nSPS) is 26.4. The maximum Gasteiger partial charge on any atom is 0.265 e. The number of nitrogens with two attached hydrogens (primary N) is 1. The monoisotopic (exact) mass is 467 g/mol. The molecule has 0 aliphatic heterocycles. The molecule has 1 atom stereocenters. The summed E-state index contributed by atoms with van der Waals surface area (Å²) in [5.41, 5.74) is 7.75. The molecule has 2 aliphatic carbocycles. The molecule has 0 radical (unpaired) electrons. The summed E-state index contributed by atoms with van der Waals surface area (Å²) in [6, 6.07) is 12.0. The van der Waals surface area contributed by atoms with Crippen LogP contribution in [0.25, 0.3) is 0 Å². The van der Waals surface area contributed by atoms with Gasteiger partial charge in [0.25, 0.3) is 5.91 Å². The van der Waals surface area contributed by atoms with E-state index in [1.165, 1.54) is 56.3 Å². The van der Waals surface area contributed by atoms with Gasteiger partial charge in [-0.05, 0) is 106 Å². The minimum absolute atomic E-state index is 0.0927. The van der Waals surface area contributed by atoms with Crippen molar-refractivity contribution in [3.8, 4) is 0 Å². The van der Waals surface area contributed by atoms with E-state index in [0.717, 1.165) is 35.9 Å². The van der Waals surface area contributed by atoms with Gasteiger partial charge in [0, 0.05) is 17.8 Å². The van der Waals surface area contributed by atoms with Crippen LogP contribution in [0.4, 0.5) is 5.69 Å². The molecule has 2 amide bonds. The highest BCUT2D eigenvalue weighted by molar-refractivity contribution is 7.12. The molecule has 1 aromatic carbocycles. The van der Waals surface area contributed by atoms with Crippen molar-refractivity contribution in [2.45, 2.75) is 82.7 Å². The number of nitrogens with one attached hydrogen (secondary N) is 2. The predicted octanol–water partition coefficient (Wildman–Crippen LogP) is 5.69. The molecule has 2 aliphatic rings. The number of benzene rings is 1. The fourth-order valence-electron chi connectivity index (χ4n) is 5.37. The van der Waals surface area contributed by atoms with Crippen LogP contribution in [-0.4, -0.2) is 23.9 Å². The first kappa shape index (κ1) is 24.0. The van der Waals surface area contributed by atoms with Crippen molar-refractivity contribution in [3.05, 3.63) is 52.2 Å². The van der Waals surface area contributed by atoms with Gasteiger partial charge in [0.15, 0.2) is 0 Å². The average molecular weight is 468 g/mol. The topological polar surface area (TPSA) is 84.2 Å². The molecular formula is C27H37N3O2S. The molecule has 1 unspecified atom stereocenters. The largest absolute Gasteiger partial charge is 0.353 e. The molecular weight excluding hydrogens is 430 g/mol. The second-order valence-electron chi connectivity index (χ2n) is 10.0. The van der Waals surface area contributed by atoms with E-state index in [9.17, 15) is 9.59 Å². The van der Waals surface area contributed by atoms with Gasteiger partial charge >= 0.3 is 0 Å². The SMILES string of the molecule is CC(C(=O)NC1CCC(CC2CCC(N)CC2)CC1)c1ccc(NC(=O)c2cccs2)cc1. The lowest BCUT2D eigenvalue weighted by atomic mass is 9.76. The van der Waals surface area contributed by atoms with Gasteiger partial charge in [-0.2, -0.15) is 0 Å². The molecule has 178 valence electrons. The van der Waals surface area contributed by atoms with Crippen LogP contribution < -0.4 is 16.4 Å². The van der Waals surface area contributed by atoms with E-state index in [-0.39, 0.29) is 17.7 Å². The molecule has 0 saturated heterocycles. The number of carbonyl (C=O) groups is 2. The first-order chi connectivity index (χ1) is 16.0. The summed E-state index contributed by atoms with van der Waals surface area (Å²) in [6.45, 7) is 1.95. The van der Waals surface area contributed by atoms with E-state index in [0.29, 0.717) is 17.0 Å². The second-order valence-corrected chi connectivity index (χ2v) is 11.0. The van der Waals surface area contributed by atoms with E-state index in [4.69, 9.17) is 5.73 Å². The van der Waals surface area contributed by atoms with Crippen LogP contribution in [-0.2, 0) is 4.79 Å². The Hall–Kier alpha value is -2.18. The van der Waals surface area contributed by atoms with Crippen LogP contribution >= 0.6 is 11.3 Å². The van der Waals surface area contributed by atoms with Gasteiger partial charge in [0.2, 0.25) is 5.91 Å². The zero-order valence-corrected chi connectivity index (χ0v) is 20.4. The van der Waals surface area contributed by atoms with E-state index in [1.807, 2.05) is 42.6 Å². The number of anilines is 1. The predicted molar refractivity (Wildman–Crippen MR) is 136 cm³/mol. The summed E-state index contributed by atoms with van der Waals surface area (Å²) < 4.78 is 0. The van der Waals surface area contributed by atoms with Crippen molar-refractivity contribution in [1.29, 1.82) is 0 Å². The lowest BCUT2D eigenvalue weighted by Crippen LogP contribution is -2.40. The van der Waals surface area contributed by atoms with Crippen LogP contribution in [0.1, 0.15) is 85.9 Å². The van der Waals surface area contributed by atoms with Crippen LogP contribution in [0.5, 0.6) is 0 Å². The first-order valence-corrected chi connectivity index (χ1v) is 13.4. The van der Waals surface area contributed by atoms with Gasteiger partial charge in [-0.1, -0.05) is 18.2 Å². The Balaban J connectivity index is 1.20. The van der Waals surface area contributed by atoms with Gasteiger partial charge in [0.05, 0.1) is 10.8 Å². The molecule has 0 bridgehead atoms. The molecule has 2 aromatic rings. The van der Waals surface area contributed by atoms with E-state index in [2.05, 4.69) is 10.6 Å². The molecule has 4 N–H and O–H groups in total. The zero-order valence-electron chi connectivity index (χ0n) is 19.6. The molecule has 0 spiro atoms. The summed E-state index contributed by atoms with van der Waals surface area (Å²) in [5.74, 6) is 1.45. The Morgan fingerprint density at radius 3 is 2.21 bits per heavy atom. The molecule has 2 fully saturated rings. The van der Waals surface area contributed by atoms with Gasteiger partial charge < -0.3 is 16.4 Å². The second kappa shape index (κ2) is 11.3. The Kier molecular flexibility index (Phi) is 8.20. The van der Waals surface area contributed by atoms with Crippen LogP contribution in [0.15, 0.2) is 41.8 Å². The van der Waals surface area contributed by atoms with Gasteiger partial charge in [-0.15, -0.1) is 11.3 Å². The van der Waals surface area contributed by atoms with Crippen LogP contribution in [0.2, 0.25) is 0 Å². The highest BCUT2D eigenvalue weighted by Gasteiger charge is 2.27. The highest BCUT2D eigenvalue weighted by Crippen LogP contribution is 2.35. The van der Waals surface area contributed by atoms with Crippen molar-refractivity contribution >= 4 is 28.8 Å². The Bertz CT molecular complexity index is 896. The number of hydrogen-bond donors (Lipinski definition) is 3. The highest BCUT2D eigenvalue weighted by atomic mass is 32.1. The van der Waals surface area contributed by atoms with Crippen LogP contribution in [0.3, 0.4) is 0 Å². The van der Waals surface area contributed by atoms with Gasteiger partial charge in [-0.25, -0.2) is 0 Å². The molecule has 4 rings (SSSR count). The van der Waals surface area contributed by atoms with E-state index < -0.39 is 0 Å².